The molecule has 0 aromatic carbocycles. The number of hydrogen-bond acceptors (Lipinski definition) is 1. The highest BCUT2D eigenvalue weighted by molar-refractivity contribution is 4.65. The van der Waals surface area contributed by atoms with Gasteiger partial charge in [-0.3, -0.25) is 0 Å². The van der Waals surface area contributed by atoms with Crippen LogP contribution in [-0.4, -0.2) is 30.7 Å². The number of nitrogens with zero attached hydrogens (tertiary/aromatic N) is 1. The summed E-state index contributed by atoms with van der Waals surface area (Å²) in [5, 5.41) is 0. The first-order valence-corrected chi connectivity index (χ1v) is 4.52. The minimum Gasteiger partial charge on any atom is -0.304 e. The highest BCUT2D eigenvalue weighted by atomic mass is 19.4. The number of halogens is 3. The highest BCUT2D eigenvalue weighted by Gasteiger charge is 2.35. The van der Waals surface area contributed by atoms with Gasteiger partial charge in [0.15, 0.2) is 0 Å². The first-order chi connectivity index (χ1) is 5.75. The second kappa shape index (κ2) is 4.84. The van der Waals surface area contributed by atoms with Crippen molar-refractivity contribution in [2.75, 3.05) is 13.6 Å². The van der Waals surface area contributed by atoms with Gasteiger partial charge in [0.2, 0.25) is 0 Å². The molecule has 0 spiro atoms. The Kier molecular flexibility index (Phi) is 4.75. The predicted octanol–water partition coefficient (Wildman–Crippen LogP) is 2.92. The highest BCUT2D eigenvalue weighted by Crippen LogP contribution is 2.28. The van der Waals surface area contributed by atoms with Crippen molar-refractivity contribution in [2.45, 2.75) is 39.4 Å². The summed E-state index contributed by atoms with van der Waals surface area (Å²) < 4.78 is 36.2. The standard InChI is InChI=1S/C9H18F3N/c1-7(2)13(4)6-5-8(3)9(10,11)12/h7-8H,5-6H2,1-4H3. The zero-order valence-corrected chi connectivity index (χ0v) is 8.65. The van der Waals surface area contributed by atoms with Crippen LogP contribution < -0.4 is 0 Å². The number of hydrogen-bond donors (Lipinski definition) is 0. The van der Waals surface area contributed by atoms with Crippen molar-refractivity contribution in [2.24, 2.45) is 5.92 Å². The molecular weight excluding hydrogens is 179 g/mol. The van der Waals surface area contributed by atoms with Gasteiger partial charge in [-0.2, -0.15) is 13.2 Å². The van der Waals surface area contributed by atoms with Crippen molar-refractivity contribution >= 4 is 0 Å². The fourth-order valence-electron chi connectivity index (χ4n) is 0.819. The van der Waals surface area contributed by atoms with Gasteiger partial charge in [0, 0.05) is 6.04 Å². The lowest BCUT2D eigenvalue weighted by molar-refractivity contribution is -0.171. The Hall–Kier alpha value is -0.250. The molecule has 4 heteroatoms. The van der Waals surface area contributed by atoms with E-state index < -0.39 is 12.1 Å². The van der Waals surface area contributed by atoms with E-state index in [4.69, 9.17) is 0 Å². The zero-order chi connectivity index (χ0) is 10.6. The summed E-state index contributed by atoms with van der Waals surface area (Å²) in [4.78, 5) is 1.92. The van der Waals surface area contributed by atoms with E-state index in [0.717, 1.165) is 0 Å². The molecular formula is C9H18F3N. The summed E-state index contributed by atoms with van der Waals surface area (Å²) in [6.07, 6.45) is -3.87. The summed E-state index contributed by atoms with van der Waals surface area (Å²) >= 11 is 0. The Morgan fingerprint density at radius 1 is 1.15 bits per heavy atom. The topological polar surface area (TPSA) is 3.24 Å². The van der Waals surface area contributed by atoms with Gasteiger partial charge in [-0.25, -0.2) is 0 Å². The van der Waals surface area contributed by atoms with Gasteiger partial charge in [0.25, 0.3) is 0 Å². The van der Waals surface area contributed by atoms with Gasteiger partial charge in [-0.05, 0) is 33.9 Å². The van der Waals surface area contributed by atoms with E-state index in [1.165, 1.54) is 6.92 Å². The van der Waals surface area contributed by atoms with E-state index >= 15 is 0 Å². The van der Waals surface area contributed by atoms with Crippen LogP contribution in [0.3, 0.4) is 0 Å². The Balaban J connectivity index is 3.77. The largest absolute Gasteiger partial charge is 0.391 e. The Bertz CT molecular complexity index is 142. The van der Waals surface area contributed by atoms with E-state index in [-0.39, 0.29) is 6.42 Å². The lowest BCUT2D eigenvalue weighted by Gasteiger charge is -2.23. The van der Waals surface area contributed by atoms with Crippen LogP contribution in [0.4, 0.5) is 13.2 Å². The second-order valence-corrected chi connectivity index (χ2v) is 3.81. The van der Waals surface area contributed by atoms with E-state index in [1.807, 2.05) is 25.8 Å². The third-order valence-electron chi connectivity index (χ3n) is 2.36. The van der Waals surface area contributed by atoms with E-state index in [2.05, 4.69) is 0 Å². The van der Waals surface area contributed by atoms with Crippen LogP contribution in [0.15, 0.2) is 0 Å². The van der Waals surface area contributed by atoms with Crippen LogP contribution in [0.25, 0.3) is 0 Å². The monoisotopic (exact) mass is 197 g/mol. The lowest BCUT2D eigenvalue weighted by Crippen LogP contribution is -2.31. The maximum absolute atomic E-state index is 12.1. The van der Waals surface area contributed by atoms with Crippen molar-refractivity contribution in [1.82, 2.24) is 4.90 Å². The first-order valence-electron chi connectivity index (χ1n) is 4.52. The minimum atomic E-state index is -4.04. The van der Waals surface area contributed by atoms with Crippen molar-refractivity contribution in [3.63, 3.8) is 0 Å². The van der Waals surface area contributed by atoms with E-state index in [0.29, 0.717) is 12.6 Å². The average Bonchev–Trinajstić information content (AvgIpc) is 1.97. The Morgan fingerprint density at radius 3 is 1.92 bits per heavy atom. The average molecular weight is 197 g/mol. The molecule has 0 fully saturated rings. The van der Waals surface area contributed by atoms with Gasteiger partial charge in [0.05, 0.1) is 5.92 Å². The summed E-state index contributed by atoms with van der Waals surface area (Å²) in [6.45, 7) is 5.67. The van der Waals surface area contributed by atoms with Crippen molar-refractivity contribution < 1.29 is 13.2 Å². The van der Waals surface area contributed by atoms with Crippen molar-refractivity contribution in [1.29, 1.82) is 0 Å². The van der Waals surface area contributed by atoms with Gasteiger partial charge in [-0.15, -0.1) is 0 Å². The van der Waals surface area contributed by atoms with Gasteiger partial charge in [0.1, 0.15) is 0 Å². The predicted molar refractivity (Wildman–Crippen MR) is 47.6 cm³/mol. The Morgan fingerprint density at radius 2 is 1.62 bits per heavy atom. The zero-order valence-electron chi connectivity index (χ0n) is 8.65. The molecule has 0 heterocycles. The number of rotatable bonds is 4. The molecule has 0 aromatic rings. The number of alkyl halides is 3. The summed E-state index contributed by atoms with van der Waals surface area (Å²) in [6, 6.07) is 0.306. The third-order valence-corrected chi connectivity index (χ3v) is 2.36. The van der Waals surface area contributed by atoms with Crippen LogP contribution in [0.2, 0.25) is 0 Å². The van der Waals surface area contributed by atoms with Gasteiger partial charge < -0.3 is 4.90 Å². The third kappa shape index (κ3) is 5.13. The fraction of sp³-hybridized carbons (Fsp3) is 1.00. The molecule has 0 radical (unpaired) electrons. The molecule has 13 heavy (non-hydrogen) atoms. The SMILES string of the molecule is CC(C)N(C)CCC(C)C(F)(F)F. The maximum atomic E-state index is 12.1. The summed E-state index contributed by atoms with van der Waals surface area (Å²) in [7, 11) is 1.84. The minimum absolute atomic E-state index is 0.179. The molecule has 1 unspecified atom stereocenters. The molecule has 1 atom stereocenters. The van der Waals surface area contributed by atoms with Crippen LogP contribution >= 0.6 is 0 Å². The second-order valence-electron chi connectivity index (χ2n) is 3.81. The van der Waals surface area contributed by atoms with Gasteiger partial charge >= 0.3 is 6.18 Å². The Labute approximate surface area is 77.9 Å². The first kappa shape index (κ1) is 12.8. The van der Waals surface area contributed by atoms with Crippen LogP contribution in [0.5, 0.6) is 0 Å². The molecule has 0 N–H and O–H groups in total. The quantitative estimate of drug-likeness (QED) is 0.669. The molecule has 0 aliphatic carbocycles. The summed E-state index contributed by atoms with van der Waals surface area (Å²) in [5.41, 5.74) is 0. The molecule has 0 saturated heterocycles. The molecule has 0 bridgehead atoms. The van der Waals surface area contributed by atoms with Crippen molar-refractivity contribution in [3.8, 4) is 0 Å². The lowest BCUT2D eigenvalue weighted by atomic mass is 10.1. The summed E-state index contributed by atoms with van der Waals surface area (Å²) in [5.74, 6) is -1.20. The van der Waals surface area contributed by atoms with Crippen LogP contribution in [0.1, 0.15) is 27.2 Å². The normalized spacial score (nSPS) is 15.5. The molecule has 0 aliphatic heterocycles. The van der Waals surface area contributed by atoms with E-state index in [1.54, 1.807) is 0 Å². The molecule has 0 aromatic heterocycles. The fourth-order valence-corrected chi connectivity index (χ4v) is 0.819. The van der Waals surface area contributed by atoms with Crippen molar-refractivity contribution in [3.05, 3.63) is 0 Å². The maximum Gasteiger partial charge on any atom is 0.391 e. The van der Waals surface area contributed by atoms with Crippen LogP contribution in [0, 0.1) is 5.92 Å². The van der Waals surface area contributed by atoms with E-state index in [9.17, 15) is 13.2 Å². The molecule has 80 valence electrons. The van der Waals surface area contributed by atoms with Gasteiger partial charge in [-0.1, -0.05) is 6.92 Å². The molecule has 0 aliphatic rings. The molecule has 0 amide bonds. The molecule has 1 nitrogen and oxygen atoms in total. The van der Waals surface area contributed by atoms with Crippen LogP contribution in [-0.2, 0) is 0 Å². The smallest absolute Gasteiger partial charge is 0.304 e. The molecule has 0 saturated carbocycles. The molecule has 0 rings (SSSR count).